The summed E-state index contributed by atoms with van der Waals surface area (Å²) in [5.74, 6) is 0.115. The maximum atomic E-state index is 12.5. The van der Waals surface area contributed by atoms with Crippen molar-refractivity contribution in [3.63, 3.8) is 0 Å². The molecule has 1 aliphatic heterocycles. The van der Waals surface area contributed by atoms with Crippen LogP contribution in [0.1, 0.15) is 19.3 Å². The molecular weight excluding hydrogens is 276 g/mol. The first-order valence-electron chi connectivity index (χ1n) is 7.02. The molecule has 5 heteroatoms. The first kappa shape index (κ1) is 15.3. The number of carbonyl (C=O) groups excluding carboxylic acids is 1. The van der Waals surface area contributed by atoms with Gasteiger partial charge < -0.3 is 10.0 Å². The van der Waals surface area contributed by atoms with E-state index in [0.717, 1.165) is 31.5 Å². The molecule has 110 valence electrons. The molecule has 1 saturated heterocycles. The standard InChI is InChI=1S/C15H21ClN2O2/c1-17(9-4-5-11-19)14-8-10-18(15(14)20)13-7-3-2-6-12(13)16/h2-3,6-7,14,19H,4-5,8-11H2,1H3. The Labute approximate surface area is 124 Å². The third-order valence-electron chi connectivity index (χ3n) is 3.77. The topological polar surface area (TPSA) is 43.8 Å². The molecule has 2 rings (SSSR count). The van der Waals surface area contributed by atoms with E-state index in [4.69, 9.17) is 16.7 Å². The van der Waals surface area contributed by atoms with E-state index in [9.17, 15) is 4.79 Å². The zero-order valence-corrected chi connectivity index (χ0v) is 12.5. The Morgan fingerprint density at radius 3 is 2.85 bits per heavy atom. The van der Waals surface area contributed by atoms with Gasteiger partial charge in [0, 0.05) is 13.2 Å². The molecule has 0 aromatic heterocycles. The number of hydrogen-bond donors (Lipinski definition) is 1. The van der Waals surface area contributed by atoms with Crippen molar-refractivity contribution in [1.82, 2.24) is 4.90 Å². The van der Waals surface area contributed by atoms with Gasteiger partial charge in [-0.05, 0) is 45.0 Å². The Balaban J connectivity index is 2.00. The summed E-state index contributed by atoms with van der Waals surface area (Å²) in [6, 6.07) is 7.37. The number of carbonyl (C=O) groups is 1. The number of anilines is 1. The van der Waals surface area contributed by atoms with Crippen molar-refractivity contribution in [2.75, 3.05) is 31.6 Å². The molecule has 1 amide bonds. The first-order valence-corrected chi connectivity index (χ1v) is 7.40. The van der Waals surface area contributed by atoms with E-state index in [1.54, 1.807) is 4.90 Å². The van der Waals surface area contributed by atoms with E-state index >= 15 is 0 Å². The van der Waals surface area contributed by atoms with E-state index in [2.05, 4.69) is 4.90 Å². The highest BCUT2D eigenvalue weighted by molar-refractivity contribution is 6.33. The number of hydrogen-bond acceptors (Lipinski definition) is 3. The molecule has 20 heavy (non-hydrogen) atoms. The Morgan fingerprint density at radius 1 is 1.40 bits per heavy atom. The number of unbranched alkanes of at least 4 members (excludes halogenated alkanes) is 1. The molecule has 0 bridgehead atoms. The molecule has 1 heterocycles. The summed E-state index contributed by atoms with van der Waals surface area (Å²) >= 11 is 6.16. The summed E-state index contributed by atoms with van der Waals surface area (Å²) in [4.78, 5) is 16.4. The van der Waals surface area contributed by atoms with Gasteiger partial charge in [0.1, 0.15) is 0 Å². The smallest absolute Gasteiger partial charge is 0.244 e. The Kier molecular flexibility index (Phi) is 5.40. The number of aliphatic hydroxyl groups excluding tert-OH is 1. The molecular formula is C15H21ClN2O2. The van der Waals surface area contributed by atoms with Gasteiger partial charge in [-0.25, -0.2) is 0 Å². The number of amides is 1. The number of aliphatic hydroxyl groups is 1. The van der Waals surface area contributed by atoms with Gasteiger partial charge in [-0.15, -0.1) is 0 Å². The molecule has 0 radical (unpaired) electrons. The molecule has 1 unspecified atom stereocenters. The van der Waals surface area contributed by atoms with Crippen LogP contribution in [-0.2, 0) is 4.79 Å². The predicted molar refractivity (Wildman–Crippen MR) is 81.2 cm³/mol. The molecule has 1 fully saturated rings. The van der Waals surface area contributed by atoms with Gasteiger partial charge in [-0.1, -0.05) is 23.7 Å². The van der Waals surface area contributed by atoms with E-state index in [-0.39, 0.29) is 18.6 Å². The SMILES string of the molecule is CN(CCCCO)C1CCN(c2ccccc2Cl)C1=O. The second-order valence-electron chi connectivity index (χ2n) is 5.16. The van der Waals surface area contributed by atoms with Crippen molar-refractivity contribution in [3.05, 3.63) is 29.3 Å². The Hall–Kier alpha value is -1.10. The number of benzene rings is 1. The van der Waals surface area contributed by atoms with Crippen molar-refractivity contribution in [2.45, 2.75) is 25.3 Å². The molecule has 0 spiro atoms. The molecule has 1 N–H and O–H groups in total. The van der Waals surface area contributed by atoms with E-state index in [0.29, 0.717) is 11.6 Å². The first-order chi connectivity index (χ1) is 9.65. The molecule has 1 aliphatic rings. The second-order valence-corrected chi connectivity index (χ2v) is 5.56. The lowest BCUT2D eigenvalue weighted by molar-refractivity contribution is -0.121. The molecule has 1 aromatic carbocycles. The lowest BCUT2D eigenvalue weighted by Crippen LogP contribution is -2.40. The number of rotatable bonds is 6. The van der Waals surface area contributed by atoms with Gasteiger partial charge in [-0.2, -0.15) is 0 Å². The van der Waals surface area contributed by atoms with Gasteiger partial charge in [0.15, 0.2) is 0 Å². The highest BCUT2D eigenvalue weighted by Crippen LogP contribution is 2.30. The molecule has 1 aromatic rings. The lowest BCUT2D eigenvalue weighted by atomic mass is 10.2. The predicted octanol–water partition coefficient (Wildman–Crippen LogP) is 2.15. The van der Waals surface area contributed by atoms with Crippen LogP contribution < -0.4 is 4.90 Å². The van der Waals surface area contributed by atoms with Crippen molar-refractivity contribution < 1.29 is 9.90 Å². The molecule has 0 saturated carbocycles. The largest absolute Gasteiger partial charge is 0.396 e. The molecule has 4 nitrogen and oxygen atoms in total. The van der Waals surface area contributed by atoms with Gasteiger partial charge in [0.25, 0.3) is 0 Å². The van der Waals surface area contributed by atoms with Gasteiger partial charge in [0.05, 0.1) is 16.8 Å². The van der Waals surface area contributed by atoms with Crippen molar-refractivity contribution in [2.24, 2.45) is 0 Å². The number of para-hydroxylation sites is 1. The molecule has 1 atom stereocenters. The van der Waals surface area contributed by atoms with Crippen molar-refractivity contribution >= 4 is 23.2 Å². The third-order valence-corrected chi connectivity index (χ3v) is 4.09. The fraction of sp³-hybridized carbons (Fsp3) is 0.533. The monoisotopic (exact) mass is 296 g/mol. The van der Waals surface area contributed by atoms with Gasteiger partial charge >= 0.3 is 0 Å². The Bertz CT molecular complexity index is 467. The number of likely N-dealkylation sites (N-methyl/N-ethyl adjacent to an activating group) is 1. The summed E-state index contributed by atoms with van der Waals surface area (Å²) in [6.07, 6.45) is 2.50. The van der Waals surface area contributed by atoms with Crippen LogP contribution in [0.25, 0.3) is 0 Å². The van der Waals surface area contributed by atoms with Gasteiger partial charge in [0.2, 0.25) is 5.91 Å². The van der Waals surface area contributed by atoms with Crippen LogP contribution in [0.2, 0.25) is 5.02 Å². The van der Waals surface area contributed by atoms with Crippen LogP contribution in [-0.4, -0.2) is 48.7 Å². The van der Waals surface area contributed by atoms with E-state index in [1.165, 1.54) is 0 Å². The Morgan fingerprint density at radius 2 is 2.15 bits per heavy atom. The fourth-order valence-corrected chi connectivity index (χ4v) is 2.85. The third kappa shape index (κ3) is 3.32. The summed E-state index contributed by atoms with van der Waals surface area (Å²) in [6.45, 7) is 1.74. The van der Waals surface area contributed by atoms with Crippen LogP contribution in [0.15, 0.2) is 24.3 Å². The maximum absolute atomic E-state index is 12.5. The number of nitrogens with zero attached hydrogens (tertiary/aromatic N) is 2. The summed E-state index contributed by atoms with van der Waals surface area (Å²) in [7, 11) is 1.97. The van der Waals surface area contributed by atoms with Crippen molar-refractivity contribution in [3.8, 4) is 0 Å². The fourth-order valence-electron chi connectivity index (χ4n) is 2.61. The zero-order valence-electron chi connectivity index (χ0n) is 11.8. The highest BCUT2D eigenvalue weighted by Gasteiger charge is 2.35. The second kappa shape index (κ2) is 7.07. The van der Waals surface area contributed by atoms with Crippen molar-refractivity contribution in [1.29, 1.82) is 0 Å². The minimum absolute atomic E-state index is 0.0787. The minimum atomic E-state index is -0.0787. The summed E-state index contributed by atoms with van der Waals surface area (Å²) < 4.78 is 0. The average molecular weight is 297 g/mol. The highest BCUT2D eigenvalue weighted by atomic mass is 35.5. The lowest BCUT2D eigenvalue weighted by Gasteiger charge is -2.24. The normalized spacial score (nSPS) is 19.1. The molecule has 0 aliphatic carbocycles. The summed E-state index contributed by atoms with van der Waals surface area (Å²) in [5, 5.41) is 9.42. The van der Waals surface area contributed by atoms with E-state index < -0.39 is 0 Å². The van der Waals surface area contributed by atoms with Crippen LogP contribution in [0.5, 0.6) is 0 Å². The number of halogens is 1. The maximum Gasteiger partial charge on any atom is 0.244 e. The van der Waals surface area contributed by atoms with Crippen LogP contribution >= 0.6 is 11.6 Å². The minimum Gasteiger partial charge on any atom is -0.396 e. The van der Waals surface area contributed by atoms with Crippen LogP contribution in [0, 0.1) is 0 Å². The van der Waals surface area contributed by atoms with E-state index in [1.807, 2.05) is 31.3 Å². The average Bonchev–Trinajstić information content (AvgIpc) is 2.81. The summed E-state index contributed by atoms with van der Waals surface area (Å²) in [5.41, 5.74) is 0.797. The van der Waals surface area contributed by atoms with Crippen LogP contribution in [0.3, 0.4) is 0 Å². The quantitative estimate of drug-likeness (QED) is 0.818. The van der Waals surface area contributed by atoms with Gasteiger partial charge in [-0.3, -0.25) is 9.69 Å². The zero-order chi connectivity index (χ0) is 14.5. The van der Waals surface area contributed by atoms with Crippen LogP contribution in [0.4, 0.5) is 5.69 Å².